The smallest absolute Gasteiger partial charge is 0.328 e. The summed E-state index contributed by atoms with van der Waals surface area (Å²) in [4.78, 5) is 40.0. The molecule has 0 radical (unpaired) electrons. The van der Waals surface area contributed by atoms with Crippen molar-refractivity contribution in [2.24, 2.45) is 5.41 Å². The first-order valence-electron chi connectivity index (χ1n) is 10.2. The number of hydrogen-bond donors (Lipinski definition) is 0. The molecule has 1 saturated carbocycles. The number of carbonyl (C=O) groups is 3. The van der Waals surface area contributed by atoms with Gasteiger partial charge in [0.2, 0.25) is 0 Å². The normalized spacial score (nSPS) is 25.0. The zero-order valence-electron chi connectivity index (χ0n) is 17.7. The number of esters is 2. The Kier molecular flexibility index (Phi) is 4.80. The second kappa shape index (κ2) is 7.08. The molecule has 5 nitrogen and oxygen atoms in total. The summed E-state index contributed by atoms with van der Waals surface area (Å²) < 4.78 is 11.3. The Morgan fingerprint density at radius 2 is 1.07 bits per heavy atom. The Bertz CT molecular complexity index is 921. The molecule has 1 aliphatic carbocycles. The van der Waals surface area contributed by atoms with E-state index in [4.69, 9.17) is 9.47 Å². The molecule has 1 saturated heterocycles. The van der Waals surface area contributed by atoms with Crippen molar-refractivity contribution in [3.8, 4) is 0 Å². The van der Waals surface area contributed by atoms with Crippen LogP contribution in [0.15, 0.2) is 48.5 Å². The lowest BCUT2D eigenvalue weighted by Crippen LogP contribution is -2.61. The number of hydrogen-bond acceptors (Lipinski definition) is 5. The lowest BCUT2D eigenvalue weighted by molar-refractivity contribution is -0.256. The predicted octanol–water partition coefficient (Wildman–Crippen LogP) is 4.36. The van der Waals surface area contributed by atoms with Gasteiger partial charge in [0.05, 0.1) is 0 Å². The zero-order valence-corrected chi connectivity index (χ0v) is 17.7. The monoisotopic (exact) mass is 406 g/mol. The minimum atomic E-state index is -1.60. The van der Waals surface area contributed by atoms with Crippen molar-refractivity contribution < 1.29 is 23.9 Å². The van der Waals surface area contributed by atoms with Crippen molar-refractivity contribution in [3.05, 3.63) is 70.8 Å². The van der Waals surface area contributed by atoms with Crippen LogP contribution in [-0.2, 0) is 23.9 Å². The number of Topliss-reactive ketones (excluding diaryl/α,β-unsaturated/α-hetero) is 1. The van der Waals surface area contributed by atoms with Crippen LogP contribution in [0.3, 0.4) is 0 Å². The van der Waals surface area contributed by atoms with E-state index in [9.17, 15) is 14.4 Å². The van der Waals surface area contributed by atoms with Gasteiger partial charge in [-0.25, -0.2) is 0 Å². The van der Waals surface area contributed by atoms with E-state index in [2.05, 4.69) is 0 Å². The van der Waals surface area contributed by atoms with Gasteiger partial charge in [0.15, 0.2) is 5.41 Å². The molecule has 1 heterocycles. The van der Waals surface area contributed by atoms with Gasteiger partial charge in [-0.15, -0.1) is 0 Å². The number of benzene rings is 2. The summed E-state index contributed by atoms with van der Waals surface area (Å²) in [6.07, 6.45) is 0.187. The number of ketones is 1. The molecule has 2 atom stereocenters. The number of cyclic esters (lactones) is 2. The minimum absolute atomic E-state index is 0.0159. The van der Waals surface area contributed by atoms with E-state index in [1.165, 1.54) is 0 Å². The Morgan fingerprint density at radius 3 is 1.43 bits per heavy atom. The van der Waals surface area contributed by atoms with Crippen molar-refractivity contribution in [2.45, 2.75) is 58.2 Å². The number of carbonyl (C=O) groups excluding carboxylic acids is 3. The van der Waals surface area contributed by atoms with Gasteiger partial charge in [-0.3, -0.25) is 14.4 Å². The topological polar surface area (TPSA) is 69.7 Å². The summed E-state index contributed by atoms with van der Waals surface area (Å²) in [5.41, 5.74) is 2.03. The highest BCUT2D eigenvalue weighted by atomic mass is 16.7. The first kappa shape index (κ1) is 20.3. The van der Waals surface area contributed by atoms with Crippen LogP contribution in [0.4, 0.5) is 0 Å². The predicted molar refractivity (Wildman–Crippen MR) is 111 cm³/mol. The highest BCUT2D eigenvalue weighted by molar-refractivity contribution is 6.06. The van der Waals surface area contributed by atoms with E-state index in [0.717, 1.165) is 22.3 Å². The Balaban J connectivity index is 1.93. The molecule has 2 fully saturated rings. The molecule has 2 aromatic rings. The standard InChI is InChI=1S/C25H26O5/c1-15-5-9-17(10-6-15)20-13-19(26)14-21(18-11-7-16(2)8-12-18)25(20)22(27)29-24(3,4)30-23(25)28/h5-12,20-21H,13-14H2,1-4H3/t20-,21+. The minimum Gasteiger partial charge on any atom is -0.422 e. The molecule has 0 amide bonds. The molecule has 1 aliphatic heterocycles. The van der Waals surface area contributed by atoms with E-state index in [1.807, 2.05) is 62.4 Å². The van der Waals surface area contributed by atoms with E-state index in [1.54, 1.807) is 13.8 Å². The molecule has 2 aromatic carbocycles. The van der Waals surface area contributed by atoms with Crippen LogP contribution < -0.4 is 0 Å². The Morgan fingerprint density at radius 1 is 0.700 bits per heavy atom. The van der Waals surface area contributed by atoms with Gasteiger partial charge in [0.25, 0.3) is 5.79 Å². The molecule has 1 spiro atoms. The molecule has 0 N–H and O–H groups in total. The summed E-state index contributed by atoms with van der Waals surface area (Å²) in [6, 6.07) is 15.2. The molecule has 2 aliphatic rings. The van der Waals surface area contributed by atoms with Crippen molar-refractivity contribution >= 4 is 17.7 Å². The van der Waals surface area contributed by atoms with E-state index in [0.29, 0.717) is 0 Å². The van der Waals surface area contributed by atoms with Crippen LogP contribution in [0.25, 0.3) is 0 Å². The second-order valence-corrected chi connectivity index (χ2v) is 8.92. The highest BCUT2D eigenvalue weighted by Crippen LogP contribution is 2.57. The van der Waals surface area contributed by atoms with Gasteiger partial charge in [0.1, 0.15) is 5.78 Å². The van der Waals surface area contributed by atoms with E-state index >= 15 is 0 Å². The van der Waals surface area contributed by atoms with Crippen LogP contribution in [0.1, 0.15) is 60.8 Å². The fourth-order valence-electron chi connectivity index (χ4n) is 4.75. The molecule has 4 rings (SSSR count). The summed E-state index contributed by atoms with van der Waals surface area (Å²) in [5.74, 6) is -3.86. The van der Waals surface area contributed by atoms with Gasteiger partial charge in [-0.05, 0) is 25.0 Å². The maximum atomic E-state index is 13.6. The van der Waals surface area contributed by atoms with Crippen molar-refractivity contribution in [1.82, 2.24) is 0 Å². The summed E-state index contributed by atoms with van der Waals surface area (Å²) in [5, 5.41) is 0. The average Bonchev–Trinajstić information content (AvgIpc) is 2.66. The summed E-state index contributed by atoms with van der Waals surface area (Å²) in [6.45, 7) is 7.02. The van der Waals surface area contributed by atoms with Crippen molar-refractivity contribution in [2.75, 3.05) is 0 Å². The SMILES string of the molecule is Cc1ccc([C@H]2CC(=O)C[C@@H](c3ccc(C)cc3)C23C(=O)OC(C)(C)OC3=O)cc1. The quantitative estimate of drug-likeness (QED) is 0.548. The number of ether oxygens (including phenoxy) is 2. The average molecular weight is 406 g/mol. The Labute approximate surface area is 176 Å². The fraction of sp³-hybridized carbons (Fsp3) is 0.400. The largest absolute Gasteiger partial charge is 0.422 e. The first-order chi connectivity index (χ1) is 14.1. The molecule has 156 valence electrons. The zero-order chi connectivity index (χ0) is 21.7. The second-order valence-electron chi connectivity index (χ2n) is 8.92. The fourth-order valence-corrected chi connectivity index (χ4v) is 4.75. The molecule has 0 bridgehead atoms. The van der Waals surface area contributed by atoms with Gasteiger partial charge in [-0.2, -0.15) is 0 Å². The van der Waals surface area contributed by atoms with Crippen LogP contribution in [0.5, 0.6) is 0 Å². The lowest BCUT2D eigenvalue weighted by Gasteiger charge is -2.50. The van der Waals surface area contributed by atoms with Crippen LogP contribution in [0.2, 0.25) is 0 Å². The highest BCUT2D eigenvalue weighted by Gasteiger charge is 2.67. The summed E-state index contributed by atoms with van der Waals surface area (Å²) >= 11 is 0. The van der Waals surface area contributed by atoms with Gasteiger partial charge >= 0.3 is 11.9 Å². The molecule has 5 heteroatoms. The Hall–Kier alpha value is -2.95. The maximum absolute atomic E-state index is 13.6. The van der Waals surface area contributed by atoms with Crippen molar-refractivity contribution in [1.29, 1.82) is 0 Å². The van der Waals surface area contributed by atoms with E-state index in [-0.39, 0.29) is 18.6 Å². The van der Waals surface area contributed by atoms with Gasteiger partial charge in [-0.1, -0.05) is 59.7 Å². The third kappa shape index (κ3) is 3.22. The first-order valence-corrected chi connectivity index (χ1v) is 10.2. The maximum Gasteiger partial charge on any atom is 0.328 e. The number of rotatable bonds is 2. The third-order valence-electron chi connectivity index (χ3n) is 6.27. The lowest BCUT2D eigenvalue weighted by atomic mass is 9.55. The summed E-state index contributed by atoms with van der Waals surface area (Å²) in [7, 11) is 0. The molecule has 30 heavy (non-hydrogen) atoms. The van der Waals surface area contributed by atoms with Crippen LogP contribution in [-0.4, -0.2) is 23.5 Å². The molecule has 0 aromatic heterocycles. The molecule has 0 unspecified atom stereocenters. The van der Waals surface area contributed by atoms with Gasteiger partial charge in [0, 0.05) is 38.5 Å². The van der Waals surface area contributed by atoms with Crippen LogP contribution in [0, 0.1) is 19.3 Å². The third-order valence-corrected chi connectivity index (χ3v) is 6.27. The van der Waals surface area contributed by atoms with Crippen LogP contribution >= 0.6 is 0 Å². The number of aryl methyl sites for hydroxylation is 2. The molecular weight excluding hydrogens is 380 g/mol. The van der Waals surface area contributed by atoms with Crippen molar-refractivity contribution in [3.63, 3.8) is 0 Å². The van der Waals surface area contributed by atoms with E-state index < -0.39 is 35.0 Å². The van der Waals surface area contributed by atoms with Gasteiger partial charge < -0.3 is 9.47 Å². The molecular formula is C25H26O5.